The van der Waals surface area contributed by atoms with Crippen molar-refractivity contribution in [3.05, 3.63) is 29.8 Å². The highest BCUT2D eigenvalue weighted by atomic mass is 32.2. The van der Waals surface area contributed by atoms with Gasteiger partial charge in [-0.2, -0.15) is 8.42 Å². The lowest BCUT2D eigenvalue weighted by atomic mass is 9.95. The molecule has 10 heteroatoms. The molecule has 0 spiro atoms. The summed E-state index contributed by atoms with van der Waals surface area (Å²) in [5, 5.41) is 0. The van der Waals surface area contributed by atoms with Crippen LogP contribution in [0.4, 0.5) is 0 Å². The third-order valence-electron chi connectivity index (χ3n) is 5.18. The Balaban J connectivity index is 1.76. The Morgan fingerprint density at radius 3 is 2.80 bits per heavy atom. The molecule has 0 aliphatic carbocycles. The predicted octanol–water partition coefficient (Wildman–Crippen LogP) is 0.886. The Labute approximate surface area is 176 Å². The molecule has 30 heavy (non-hydrogen) atoms. The van der Waals surface area contributed by atoms with Gasteiger partial charge in [0.1, 0.15) is 11.4 Å². The second kappa shape index (κ2) is 9.57. The van der Waals surface area contributed by atoms with Gasteiger partial charge < -0.3 is 19.3 Å². The predicted molar refractivity (Wildman–Crippen MR) is 110 cm³/mol. The van der Waals surface area contributed by atoms with Crippen LogP contribution in [-0.4, -0.2) is 82.4 Å². The zero-order chi connectivity index (χ0) is 21.7. The summed E-state index contributed by atoms with van der Waals surface area (Å²) in [5.41, 5.74) is 0.563. The van der Waals surface area contributed by atoms with Crippen LogP contribution in [0.1, 0.15) is 25.3 Å². The maximum absolute atomic E-state index is 13.2. The number of hydrogen-bond donors (Lipinski definition) is 0. The normalized spacial score (nSPS) is 19.7. The van der Waals surface area contributed by atoms with Crippen LogP contribution in [0.15, 0.2) is 33.6 Å². The molecule has 1 amide bonds. The number of carbonyl (C=O) groups excluding carboxylic acids is 2. The molecule has 0 radical (unpaired) electrons. The molecule has 164 valence electrons. The highest BCUT2D eigenvalue weighted by Crippen LogP contribution is 2.30. The molecule has 1 fully saturated rings. The maximum Gasteiger partial charge on any atom is 0.325 e. The number of hydrogen-bond acceptors (Lipinski definition) is 7. The van der Waals surface area contributed by atoms with Crippen molar-refractivity contribution >= 4 is 27.7 Å². The second-order valence-corrected chi connectivity index (χ2v) is 8.80. The number of sulfonamides is 1. The van der Waals surface area contributed by atoms with Crippen LogP contribution in [0.2, 0.25) is 0 Å². The van der Waals surface area contributed by atoms with E-state index in [2.05, 4.69) is 4.40 Å². The summed E-state index contributed by atoms with van der Waals surface area (Å²) < 4.78 is 38.8. The maximum atomic E-state index is 13.2. The van der Waals surface area contributed by atoms with Gasteiger partial charge in [-0.15, -0.1) is 4.40 Å². The monoisotopic (exact) mass is 437 g/mol. The summed E-state index contributed by atoms with van der Waals surface area (Å²) in [5.74, 6) is -0.616. The van der Waals surface area contributed by atoms with Gasteiger partial charge in [-0.05, 0) is 31.9 Å². The molecule has 1 atom stereocenters. The number of rotatable bonds is 7. The van der Waals surface area contributed by atoms with Crippen molar-refractivity contribution < 1.29 is 27.5 Å². The molecule has 0 saturated carbocycles. The SMILES string of the molecule is CCOC(=O)CN(CCOC)C(=O)C1CCCN(C2=NS(=O)(=O)c3ccccc32)C1. The van der Waals surface area contributed by atoms with E-state index in [0.29, 0.717) is 37.5 Å². The number of likely N-dealkylation sites (tertiary alicyclic amines) is 1. The summed E-state index contributed by atoms with van der Waals surface area (Å²) in [7, 11) is -2.19. The minimum Gasteiger partial charge on any atom is -0.465 e. The molecule has 3 rings (SSSR count). The Hall–Kier alpha value is -2.46. The number of esters is 1. The van der Waals surface area contributed by atoms with E-state index < -0.39 is 16.0 Å². The highest BCUT2D eigenvalue weighted by Gasteiger charge is 2.36. The second-order valence-electron chi connectivity index (χ2n) is 7.23. The summed E-state index contributed by atoms with van der Waals surface area (Å²) in [4.78, 5) is 28.6. The van der Waals surface area contributed by atoms with Gasteiger partial charge in [-0.1, -0.05) is 12.1 Å². The first-order valence-electron chi connectivity index (χ1n) is 10.00. The number of ether oxygens (including phenoxy) is 2. The first-order chi connectivity index (χ1) is 14.4. The first-order valence-corrected chi connectivity index (χ1v) is 11.4. The van der Waals surface area contributed by atoms with Crippen molar-refractivity contribution in [2.24, 2.45) is 10.3 Å². The molecular formula is C20H27N3O6S. The number of fused-ring (bicyclic) bond motifs is 1. The number of amides is 1. The average molecular weight is 438 g/mol. The van der Waals surface area contributed by atoms with Crippen molar-refractivity contribution in [1.82, 2.24) is 9.80 Å². The van der Waals surface area contributed by atoms with Gasteiger partial charge in [-0.3, -0.25) is 9.59 Å². The van der Waals surface area contributed by atoms with E-state index in [-0.39, 0.29) is 36.4 Å². The van der Waals surface area contributed by atoms with Crippen LogP contribution < -0.4 is 0 Å². The van der Waals surface area contributed by atoms with E-state index in [1.165, 1.54) is 12.0 Å². The molecule has 1 saturated heterocycles. The van der Waals surface area contributed by atoms with E-state index in [4.69, 9.17) is 9.47 Å². The number of amidine groups is 1. The minimum absolute atomic E-state index is 0.134. The zero-order valence-corrected chi connectivity index (χ0v) is 18.1. The van der Waals surface area contributed by atoms with Crippen LogP contribution in [0.25, 0.3) is 0 Å². The first kappa shape index (κ1) is 22.2. The van der Waals surface area contributed by atoms with E-state index >= 15 is 0 Å². The number of nitrogens with zero attached hydrogens (tertiary/aromatic N) is 3. The number of piperidine rings is 1. The lowest BCUT2D eigenvalue weighted by Crippen LogP contribution is -2.48. The van der Waals surface area contributed by atoms with Gasteiger partial charge in [0.25, 0.3) is 10.0 Å². The van der Waals surface area contributed by atoms with Gasteiger partial charge in [0.2, 0.25) is 5.91 Å². The standard InChI is InChI=1S/C20H27N3O6S/c1-3-29-18(24)14-23(11-12-28-2)20(25)15-7-6-10-22(13-15)19-16-8-4-5-9-17(16)30(26,27)21-19/h4-5,8-9,15H,3,6-7,10-14H2,1-2H3. The van der Waals surface area contributed by atoms with E-state index in [1.54, 1.807) is 31.2 Å². The van der Waals surface area contributed by atoms with Crippen LogP contribution in [-0.2, 0) is 29.1 Å². The Morgan fingerprint density at radius 2 is 2.07 bits per heavy atom. The summed E-state index contributed by atoms with van der Waals surface area (Å²) in [6.45, 7) is 3.37. The molecule has 9 nitrogen and oxygen atoms in total. The van der Waals surface area contributed by atoms with Gasteiger partial charge >= 0.3 is 5.97 Å². The average Bonchev–Trinajstić information content (AvgIpc) is 3.02. The Bertz CT molecular complexity index is 930. The number of methoxy groups -OCH3 is 1. The summed E-state index contributed by atoms with van der Waals surface area (Å²) in [6, 6.07) is 6.71. The van der Waals surface area contributed by atoms with E-state index in [1.807, 2.05) is 4.90 Å². The van der Waals surface area contributed by atoms with Gasteiger partial charge in [0.05, 0.1) is 19.1 Å². The van der Waals surface area contributed by atoms with E-state index in [9.17, 15) is 18.0 Å². The Kier molecular flexibility index (Phi) is 7.09. The van der Waals surface area contributed by atoms with E-state index in [0.717, 1.165) is 6.42 Å². The van der Waals surface area contributed by atoms with Crippen molar-refractivity contribution in [1.29, 1.82) is 0 Å². The minimum atomic E-state index is -3.72. The molecular weight excluding hydrogens is 410 g/mol. The third-order valence-corrected chi connectivity index (χ3v) is 6.51. The molecule has 1 unspecified atom stereocenters. The summed E-state index contributed by atoms with van der Waals surface area (Å²) in [6.07, 6.45) is 1.37. The van der Waals surface area contributed by atoms with Gasteiger partial charge in [0.15, 0.2) is 5.84 Å². The highest BCUT2D eigenvalue weighted by molar-refractivity contribution is 7.90. The van der Waals surface area contributed by atoms with Crippen LogP contribution in [0.5, 0.6) is 0 Å². The lowest BCUT2D eigenvalue weighted by Gasteiger charge is -2.35. The molecule has 0 bridgehead atoms. The van der Waals surface area contributed by atoms with Crippen molar-refractivity contribution in [2.75, 3.05) is 46.5 Å². The molecule has 2 heterocycles. The molecule has 1 aromatic carbocycles. The smallest absolute Gasteiger partial charge is 0.325 e. The van der Waals surface area contributed by atoms with Crippen LogP contribution in [0, 0.1) is 5.92 Å². The molecule has 2 aliphatic rings. The number of benzene rings is 1. The lowest BCUT2D eigenvalue weighted by molar-refractivity contribution is -0.151. The summed E-state index contributed by atoms with van der Waals surface area (Å²) >= 11 is 0. The zero-order valence-electron chi connectivity index (χ0n) is 17.2. The van der Waals surface area contributed by atoms with Crippen molar-refractivity contribution in [2.45, 2.75) is 24.7 Å². The van der Waals surface area contributed by atoms with Crippen LogP contribution >= 0.6 is 0 Å². The largest absolute Gasteiger partial charge is 0.465 e. The fraction of sp³-hybridized carbons (Fsp3) is 0.550. The van der Waals surface area contributed by atoms with Crippen molar-refractivity contribution in [3.63, 3.8) is 0 Å². The van der Waals surface area contributed by atoms with Gasteiger partial charge in [0, 0.05) is 32.3 Å². The topological polar surface area (TPSA) is 106 Å². The Morgan fingerprint density at radius 1 is 1.30 bits per heavy atom. The van der Waals surface area contributed by atoms with Crippen molar-refractivity contribution in [3.8, 4) is 0 Å². The fourth-order valence-corrected chi connectivity index (χ4v) is 5.00. The number of carbonyl (C=O) groups is 2. The fourth-order valence-electron chi connectivity index (χ4n) is 3.78. The van der Waals surface area contributed by atoms with Crippen LogP contribution in [0.3, 0.4) is 0 Å². The van der Waals surface area contributed by atoms with Gasteiger partial charge in [-0.25, -0.2) is 0 Å². The molecule has 1 aromatic rings. The molecule has 0 aromatic heterocycles. The molecule has 0 N–H and O–H groups in total. The quantitative estimate of drug-likeness (QED) is 0.583. The third kappa shape index (κ3) is 4.81. The molecule has 2 aliphatic heterocycles.